The second kappa shape index (κ2) is 9.11. The molecule has 3 aromatic rings. The Hall–Kier alpha value is -2.49. The van der Waals surface area contributed by atoms with Crippen LogP contribution in [-0.2, 0) is 4.74 Å². The number of hydrogen-bond acceptors (Lipinski definition) is 7. The zero-order valence-corrected chi connectivity index (χ0v) is 18.3. The second-order valence-electron chi connectivity index (χ2n) is 7.23. The predicted octanol–water partition coefficient (Wildman–Crippen LogP) is 3.77. The molecule has 0 radical (unpaired) electrons. The van der Waals surface area contributed by atoms with Crippen molar-refractivity contribution in [1.82, 2.24) is 24.8 Å². The third-order valence-electron chi connectivity index (χ3n) is 4.93. The fraction of sp³-hybridized carbons (Fsp3) is 0.400. The van der Waals surface area contributed by atoms with E-state index in [1.807, 2.05) is 26.0 Å². The molecule has 4 heterocycles. The molecular formula is C20H23ClN6O2S. The van der Waals surface area contributed by atoms with Crippen molar-refractivity contribution in [3.63, 3.8) is 0 Å². The largest absolute Gasteiger partial charge is 0.381 e. The molecule has 1 unspecified atom stereocenters. The van der Waals surface area contributed by atoms with E-state index in [4.69, 9.17) is 16.3 Å². The van der Waals surface area contributed by atoms with Gasteiger partial charge in [0.1, 0.15) is 17.8 Å². The molecule has 1 amide bonds. The Morgan fingerprint density at radius 1 is 1.33 bits per heavy atom. The number of rotatable bonds is 6. The minimum absolute atomic E-state index is 0.156. The van der Waals surface area contributed by atoms with Crippen LogP contribution in [0.1, 0.15) is 46.7 Å². The summed E-state index contributed by atoms with van der Waals surface area (Å²) >= 11 is 7.43. The summed E-state index contributed by atoms with van der Waals surface area (Å²) in [5.41, 5.74) is 1.21. The van der Waals surface area contributed by atoms with E-state index in [9.17, 15) is 4.79 Å². The lowest BCUT2D eigenvalue weighted by Gasteiger charge is -2.23. The molecule has 0 bridgehead atoms. The number of anilines is 1. The molecule has 2 N–H and O–H groups in total. The van der Waals surface area contributed by atoms with Crippen LogP contribution in [0.3, 0.4) is 0 Å². The van der Waals surface area contributed by atoms with Crippen molar-refractivity contribution in [3.05, 3.63) is 51.3 Å². The monoisotopic (exact) mass is 446 g/mol. The van der Waals surface area contributed by atoms with Gasteiger partial charge in [0.15, 0.2) is 0 Å². The Bertz CT molecular complexity index is 1030. The summed E-state index contributed by atoms with van der Waals surface area (Å²) in [6.45, 7) is 5.33. The molecule has 0 aliphatic carbocycles. The summed E-state index contributed by atoms with van der Waals surface area (Å²) in [7, 11) is 0. The molecule has 1 aliphatic heterocycles. The average molecular weight is 447 g/mol. The van der Waals surface area contributed by atoms with E-state index >= 15 is 0 Å². The third kappa shape index (κ3) is 4.80. The molecule has 3 aromatic heterocycles. The number of carbonyl (C=O) groups excluding carboxylic acids is 1. The Morgan fingerprint density at radius 2 is 2.13 bits per heavy atom. The molecule has 1 aliphatic rings. The first-order chi connectivity index (χ1) is 14.5. The molecule has 30 heavy (non-hydrogen) atoms. The van der Waals surface area contributed by atoms with Crippen LogP contribution >= 0.6 is 22.9 Å². The van der Waals surface area contributed by atoms with Gasteiger partial charge in [-0.2, -0.15) is 4.98 Å². The van der Waals surface area contributed by atoms with Gasteiger partial charge < -0.3 is 15.4 Å². The average Bonchev–Trinajstić information content (AvgIpc) is 3.40. The topological polar surface area (TPSA) is 94.0 Å². The normalized spacial score (nSPS) is 15.7. The van der Waals surface area contributed by atoms with Gasteiger partial charge in [-0.3, -0.25) is 9.36 Å². The highest BCUT2D eigenvalue weighted by Crippen LogP contribution is 2.26. The zero-order valence-electron chi connectivity index (χ0n) is 16.8. The van der Waals surface area contributed by atoms with Gasteiger partial charge in [0.25, 0.3) is 5.91 Å². The Balaban J connectivity index is 1.47. The van der Waals surface area contributed by atoms with E-state index in [0.717, 1.165) is 36.5 Å². The van der Waals surface area contributed by atoms with Crippen molar-refractivity contribution < 1.29 is 9.53 Å². The minimum atomic E-state index is -0.252. The van der Waals surface area contributed by atoms with E-state index in [1.54, 1.807) is 23.3 Å². The molecular weight excluding hydrogens is 424 g/mol. The van der Waals surface area contributed by atoms with E-state index in [2.05, 4.69) is 25.6 Å². The lowest BCUT2D eigenvalue weighted by Crippen LogP contribution is -2.28. The van der Waals surface area contributed by atoms with E-state index in [-0.39, 0.29) is 11.9 Å². The summed E-state index contributed by atoms with van der Waals surface area (Å²) < 4.78 is 7.83. The predicted molar refractivity (Wildman–Crippen MR) is 117 cm³/mol. The number of carbonyl (C=O) groups is 1. The SMILES string of the molecule is Cc1cnc(NC2CCOCC2)nc1-n1cnc(C(=O)NC(C)c2ccc(Cl)s2)c1. The number of nitrogens with one attached hydrogen (secondary N) is 2. The van der Waals surface area contributed by atoms with Crippen LogP contribution in [0.25, 0.3) is 5.82 Å². The van der Waals surface area contributed by atoms with Crippen molar-refractivity contribution in [2.75, 3.05) is 18.5 Å². The fourth-order valence-electron chi connectivity index (χ4n) is 3.25. The minimum Gasteiger partial charge on any atom is -0.381 e. The van der Waals surface area contributed by atoms with Crippen LogP contribution in [0.4, 0.5) is 5.95 Å². The van der Waals surface area contributed by atoms with Crippen molar-refractivity contribution >= 4 is 34.8 Å². The Morgan fingerprint density at radius 3 is 2.87 bits per heavy atom. The zero-order chi connectivity index (χ0) is 21.1. The van der Waals surface area contributed by atoms with E-state index in [1.165, 1.54) is 11.3 Å². The van der Waals surface area contributed by atoms with Gasteiger partial charge in [0, 0.05) is 42.1 Å². The maximum atomic E-state index is 12.6. The quantitative estimate of drug-likeness (QED) is 0.598. The van der Waals surface area contributed by atoms with Crippen LogP contribution < -0.4 is 10.6 Å². The lowest BCUT2D eigenvalue weighted by atomic mass is 10.1. The molecule has 10 heteroatoms. The standard InChI is InChI=1S/C20H23ClN6O2S/c1-12-9-22-20(25-14-5-7-29-8-6-14)26-18(12)27-10-15(23-11-27)19(28)24-13(2)16-3-4-17(21)30-16/h3-4,9-11,13-14H,5-8H2,1-2H3,(H,24,28)(H,22,25,26). The second-order valence-corrected chi connectivity index (χ2v) is 8.98. The van der Waals surface area contributed by atoms with Crippen molar-refractivity contribution in [1.29, 1.82) is 0 Å². The number of amides is 1. The number of aryl methyl sites for hydroxylation is 1. The summed E-state index contributed by atoms with van der Waals surface area (Å²) in [5.74, 6) is 0.993. The van der Waals surface area contributed by atoms with Crippen molar-refractivity contribution in [3.8, 4) is 5.82 Å². The highest BCUT2D eigenvalue weighted by molar-refractivity contribution is 7.16. The van der Waals surface area contributed by atoms with E-state index < -0.39 is 0 Å². The summed E-state index contributed by atoms with van der Waals surface area (Å²) in [5, 5.41) is 6.32. The number of imidazole rings is 1. The maximum absolute atomic E-state index is 12.6. The van der Waals surface area contributed by atoms with Gasteiger partial charge in [-0.25, -0.2) is 9.97 Å². The summed E-state index contributed by atoms with van der Waals surface area (Å²) in [6, 6.07) is 3.87. The highest BCUT2D eigenvalue weighted by atomic mass is 35.5. The summed E-state index contributed by atoms with van der Waals surface area (Å²) in [6.07, 6.45) is 6.89. The Kier molecular flexibility index (Phi) is 6.31. The number of halogens is 1. The number of thiophene rings is 1. The Labute approximate surface area is 183 Å². The van der Waals surface area contributed by atoms with Gasteiger partial charge in [-0.05, 0) is 38.8 Å². The summed E-state index contributed by atoms with van der Waals surface area (Å²) in [4.78, 5) is 26.9. The number of ether oxygens (including phenoxy) is 1. The molecule has 0 spiro atoms. The molecule has 158 valence electrons. The van der Waals surface area contributed by atoms with Crippen LogP contribution in [0.15, 0.2) is 30.9 Å². The molecule has 1 saturated heterocycles. The van der Waals surface area contributed by atoms with E-state index in [0.29, 0.717) is 27.8 Å². The first-order valence-electron chi connectivity index (χ1n) is 9.78. The first-order valence-corrected chi connectivity index (χ1v) is 11.0. The van der Waals surface area contributed by atoms with Crippen LogP contribution in [0.5, 0.6) is 0 Å². The van der Waals surface area contributed by atoms with Gasteiger partial charge in [-0.15, -0.1) is 11.3 Å². The van der Waals surface area contributed by atoms with Gasteiger partial charge in [0.2, 0.25) is 5.95 Å². The smallest absolute Gasteiger partial charge is 0.271 e. The number of hydrogen-bond donors (Lipinski definition) is 2. The molecule has 0 saturated carbocycles. The lowest BCUT2D eigenvalue weighted by molar-refractivity contribution is 0.0903. The van der Waals surface area contributed by atoms with Crippen molar-refractivity contribution in [2.45, 2.75) is 38.8 Å². The van der Waals surface area contributed by atoms with Gasteiger partial charge in [0.05, 0.1) is 10.4 Å². The maximum Gasteiger partial charge on any atom is 0.271 e. The molecule has 8 nitrogen and oxygen atoms in total. The first kappa shape index (κ1) is 20.8. The van der Waals surface area contributed by atoms with Gasteiger partial charge in [-0.1, -0.05) is 11.6 Å². The fourth-order valence-corrected chi connectivity index (χ4v) is 4.31. The molecule has 1 fully saturated rings. The molecule has 0 aromatic carbocycles. The van der Waals surface area contributed by atoms with Crippen LogP contribution in [-0.4, -0.2) is 44.7 Å². The molecule has 1 atom stereocenters. The van der Waals surface area contributed by atoms with Crippen LogP contribution in [0, 0.1) is 6.92 Å². The highest BCUT2D eigenvalue weighted by Gasteiger charge is 2.18. The number of aromatic nitrogens is 4. The van der Waals surface area contributed by atoms with Gasteiger partial charge >= 0.3 is 0 Å². The third-order valence-corrected chi connectivity index (χ3v) is 6.34. The number of nitrogens with zero attached hydrogens (tertiary/aromatic N) is 4. The van der Waals surface area contributed by atoms with Crippen LogP contribution in [0.2, 0.25) is 4.34 Å². The molecule has 4 rings (SSSR count). The van der Waals surface area contributed by atoms with Crippen molar-refractivity contribution in [2.24, 2.45) is 0 Å².